The van der Waals surface area contributed by atoms with Crippen LogP contribution >= 0.6 is 11.6 Å². The lowest BCUT2D eigenvalue weighted by molar-refractivity contribution is -0.141. The number of rotatable bonds is 4. The second-order valence-corrected chi connectivity index (χ2v) is 3.80. The third-order valence-electron chi connectivity index (χ3n) is 2.31. The van der Waals surface area contributed by atoms with Gasteiger partial charge in [0.2, 0.25) is 0 Å². The molecule has 0 aromatic heterocycles. The fourth-order valence-corrected chi connectivity index (χ4v) is 1.56. The van der Waals surface area contributed by atoms with Crippen LogP contribution in [-0.2, 0) is 11.2 Å². The molecular weight excluding hydrogens is 219 g/mol. The Bertz CT molecular complexity index is 366. The minimum absolute atomic E-state index is 0.0349. The van der Waals surface area contributed by atoms with Crippen LogP contribution in [0.3, 0.4) is 0 Å². The first-order valence-corrected chi connectivity index (χ1v) is 5.09. The Morgan fingerprint density at radius 2 is 2.27 bits per heavy atom. The molecule has 0 spiro atoms. The molecule has 0 radical (unpaired) electrons. The van der Waals surface area contributed by atoms with Gasteiger partial charge in [0.05, 0.1) is 10.9 Å². The van der Waals surface area contributed by atoms with Crippen molar-refractivity contribution >= 4 is 17.6 Å². The topological polar surface area (TPSA) is 37.3 Å². The van der Waals surface area contributed by atoms with E-state index >= 15 is 0 Å². The average Bonchev–Trinajstić information content (AvgIpc) is 2.19. The standard InChI is InChI=1S/C11H12ClFO2/c1-2-8(11(14)15)5-7-3-4-10(13)9(12)6-7/h3-4,6,8H,2,5H2,1H3,(H,14,15). The summed E-state index contributed by atoms with van der Waals surface area (Å²) in [5.41, 5.74) is 0.746. The molecule has 4 heteroatoms. The van der Waals surface area contributed by atoms with E-state index in [1.54, 1.807) is 6.07 Å². The monoisotopic (exact) mass is 230 g/mol. The van der Waals surface area contributed by atoms with E-state index in [9.17, 15) is 9.18 Å². The summed E-state index contributed by atoms with van der Waals surface area (Å²) in [6.45, 7) is 1.81. The van der Waals surface area contributed by atoms with Crippen LogP contribution in [0.5, 0.6) is 0 Å². The summed E-state index contributed by atoms with van der Waals surface area (Å²) in [6.07, 6.45) is 0.927. The zero-order valence-corrected chi connectivity index (χ0v) is 9.09. The van der Waals surface area contributed by atoms with Crippen molar-refractivity contribution in [1.82, 2.24) is 0 Å². The fourth-order valence-electron chi connectivity index (χ4n) is 1.36. The van der Waals surface area contributed by atoms with E-state index in [0.717, 1.165) is 5.56 Å². The minimum Gasteiger partial charge on any atom is -0.481 e. The number of aliphatic carboxylic acids is 1. The molecule has 1 atom stereocenters. The predicted octanol–water partition coefficient (Wildman–Crippen LogP) is 3.13. The quantitative estimate of drug-likeness (QED) is 0.863. The molecule has 15 heavy (non-hydrogen) atoms. The van der Waals surface area contributed by atoms with Gasteiger partial charge in [-0.15, -0.1) is 0 Å². The Kier molecular flexibility index (Phi) is 4.09. The van der Waals surface area contributed by atoms with Gasteiger partial charge in [-0.1, -0.05) is 24.6 Å². The number of carboxylic acid groups (broad SMARTS) is 1. The molecule has 0 heterocycles. The summed E-state index contributed by atoms with van der Waals surface area (Å²) in [7, 11) is 0. The van der Waals surface area contributed by atoms with Gasteiger partial charge in [0.1, 0.15) is 5.82 Å². The van der Waals surface area contributed by atoms with Crippen LogP contribution in [0.15, 0.2) is 18.2 Å². The van der Waals surface area contributed by atoms with Crippen molar-refractivity contribution in [3.05, 3.63) is 34.6 Å². The number of benzene rings is 1. The van der Waals surface area contributed by atoms with Crippen molar-refractivity contribution < 1.29 is 14.3 Å². The maximum atomic E-state index is 12.8. The number of carboxylic acids is 1. The van der Waals surface area contributed by atoms with E-state index in [1.807, 2.05) is 6.92 Å². The molecule has 0 aliphatic rings. The van der Waals surface area contributed by atoms with Gasteiger partial charge in [0, 0.05) is 0 Å². The van der Waals surface area contributed by atoms with Gasteiger partial charge in [-0.2, -0.15) is 0 Å². The minimum atomic E-state index is -0.835. The summed E-state index contributed by atoms with van der Waals surface area (Å²) >= 11 is 5.60. The van der Waals surface area contributed by atoms with Crippen LogP contribution in [0.2, 0.25) is 5.02 Å². The van der Waals surface area contributed by atoms with E-state index in [4.69, 9.17) is 16.7 Å². The van der Waals surface area contributed by atoms with Gasteiger partial charge in [0.25, 0.3) is 0 Å². The van der Waals surface area contributed by atoms with Crippen molar-refractivity contribution in [3.63, 3.8) is 0 Å². The van der Waals surface area contributed by atoms with Crippen LogP contribution < -0.4 is 0 Å². The first-order valence-electron chi connectivity index (χ1n) is 4.71. The van der Waals surface area contributed by atoms with Gasteiger partial charge < -0.3 is 5.11 Å². The third-order valence-corrected chi connectivity index (χ3v) is 2.60. The highest BCUT2D eigenvalue weighted by molar-refractivity contribution is 6.30. The molecule has 1 aromatic rings. The predicted molar refractivity (Wildman–Crippen MR) is 56.5 cm³/mol. The van der Waals surface area contributed by atoms with E-state index in [-0.39, 0.29) is 5.02 Å². The van der Waals surface area contributed by atoms with Crippen molar-refractivity contribution in [2.75, 3.05) is 0 Å². The summed E-state index contributed by atoms with van der Waals surface area (Å²) in [5.74, 6) is -1.76. The first-order chi connectivity index (χ1) is 7.04. The molecule has 2 nitrogen and oxygen atoms in total. The molecule has 1 aromatic carbocycles. The number of hydrogen-bond acceptors (Lipinski definition) is 1. The van der Waals surface area contributed by atoms with Crippen molar-refractivity contribution in [2.45, 2.75) is 19.8 Å². The van der Waals surface area contributed by atoms with Crippen LogP contribution in [0, 0.1) is 11.7 Å². The highest BCUT2D eigenvalue weighted by atomic mass is 35.5. The lowest BCUT2D eigenvalue weighted by Gasteiger charge is -2.09. The lowest BCUT2D eigenvalue weighted by Crippen LogP contribution is -2.15. The summed E-state index contributed by atoms with van der Waals surface area (Å²) in [5, 5.41) is 8.89. The Morgan fingerprint density at radius 3 is 2.73 bits per heavy atom. The van der Waals surface area contributed by atoms with Crippen LogP contribution in [0.25, 0.3) is 0 Å². The summed E-state index contributed by atoms with van der Waals surface area (Å²) < 4.78 is 12.8. The second-order valence-electron chi connectivity index (χ2n) is 3.40. The van der Waals surface area contributed by atoms with Crippen molar-refractivity contribution in [3.8, 4) is 0 Å². The van der Waals surface area contributed by atoms with Crippen LogP contribution in [0.4, 0.5) is 4.39 Å². The molecule has 0 aliphatic carbocycles. The number of halogens is 2. The largest absolute Gasteiger partial charge is 0.481 e. The van der Waals surface area contributed by atoms with Crippen molar-refractivity contribution in [1.29, 1.82) is 0 Å². The van der Waals surface area contributed by atoms with E-state index in [0.29, 0.717) is 12.8 Å². The Hall–Kier alpha value is -1.09. The Balaban J connectivity index is 2.80. The zero-order valence-electron chi connectivity index (χ0n) is 8.34. The van der Waals surface area contributed by atoms with Gasteiger partial charge in [-0.3, -0.25) is 4.79 Å². The summed E-state index contributed by atoms with van der Waals surface area (Å²) in [4.78, 5) is 10.8. The molecule has 1 N–H and O–H groups in total. The Morgan fingerprint density at radius 1 is 1.60 bits per heavy atom. The van der Waals surface area contributed by atoms with Crippen LogP contribution in [-0.4, -0.2) is 11.1 Å². The average molecular weight is 231 g/mol. The maximum Gasteiger partial charge on any atom is 0.306 e. The first kappa shape index (κ1) is 12.0. The molecule has 1 unspecified atom stereocenters. The van der Waals surface area contributed by atoms with Gasteiger partial charge in [-0.25, -0.2) is 4.39 Å². The molecule has 0 amide bonds. The van der Waals surface area contributed by atoms with Crippen LogP contribution in [0.1, 0.15) is 18.9 Å². The van der Waals surface area contributed by atoms with E-state index in [1.165, 1.54) is 12.1 Å². The maximum absolute atomic E-state index is 12.8. The third kappa shape index (κ3) is 3.20. The SMILES string of the molecule is CCC(Cc1ccc(F)c(Cl)c1)C(=O)O. The normalized spacial score (nSPS) is 12.5. The van der Waals surface area contributed by atoms with Gasteiger partial charge in [0.15, 0.2) is 0 Å². The smallest absolute Gasteiger partial charge is 0.306 e. The highest BCUT2D eigenvalue weighted by Gasteiger charge is 2.15. The number of carbonyl (C=O) groups is 1. The number of hydrogen-bond donors (Lipinski definition) is 1. The summed E-state index contributed by atoms with van der Waals surface area (Å²) in [6, 6.07) is 4.29. The van der Waals surface area contributed by atoms with Gasteiger partial charge in [-0.05, 0) is 30.5 Å². The molecule has 0 aliphatic heterocycles. The van der Waals surface area contributed by atoms with E-state index < -0.39 is 17.7 Å². The molecule has 1 rings (SSSR count). The lowest BCUT2D eigenvalue weighted by atomic mass is 9.97. The van der Waals surface area contributed by atoms with E-state index in [2.05, 4.69) is 0 Å². The molecule has 0 bridgehead atoms. The highest BCUT2D eigenvalue weighted by Crippen LogP contribution is 2.19. The fraction of sp³-hybridized carbons (Fsp3) is 0.364. The molecule has 0 saturated carbocycles. The molecule has 82 valence electrons. The van der Waals surface area contributed by atoms with Crippen molar-refractivity contribution in [2.24, 2.45) is 5.92 Å². The molecule has 0 fully saturated rings. The molecule has 0 saturated heterocycles. The van der Waals surface area contributed by atoms with Gasteiger partial charge >= 0.3 is 5.97 Å². The second kappa shape index (κ2) is 5.12. The molecular formula is C11H12ClFO2. The Labute approximate surface area is 92.7 Å². The zero-order chi connectivity index (χ0) is 11.4.